The number of nitrogens with zero attached hydrogens (tertiary/aromatic N) is 1. The molecular weight excluding hydrogens is 268 g/mol. The Morgan fingerprint density at radius 3 is 2.71 bits per heavy atom. The monoisotopic (exact) mass is 290 g/mol. The Hall–Kier alpha value is -2.04. The Bertz CT molecular complexity index is 530. The second-order valence-corrected chi connectivity index (χ2v) is 5.40. The maximum atomic E-state index is 12.4. The third-order valence-electron chi connectivity index (χ3n) is 3.97. The lowest BCUT2D eigenvalue weighted by Gasteiger charge is -2.23. The number of hydrogen-bond acceptors (Lipinski definition) is 2. The fourth-order valence-electron chi connectivity index (χ4n) is 2.79. The second kappa shape index (κ2) is 6.61. The molecule has 2 rings (SSSR count). The molecule has 1 aliphatic heterocycles. The number of carbonyl (C=O) groups is 2. The molecule has 5 heteroatoms. The molecule has 21 heavy (non-hydrogen) atoms. The van der Waals surface area contributed by atoms with Gasteiger partial charge in [-0.15, -0.1) is 0 Å². The van der Waals surface area contributed by atoms with E-state index in [1.54, 1.807) is 17.0 Å². The molecule has 2 amide bonds. The van der Waals surface area contributed by atoms with Gasteiger partial charge < -0.3 is 10.4 Å². The van der Waals surface area contributed by atoms with Crippen molar-refractivity contribution in [1.82, 2.24) is 5.32 Å². The Kier molecular flexibility index (Phi) is 4.83. The molecule has 1 aromatic rings. The minimum atomic E-state index is -0.890. The van der Waals surface area contributed by atoms with Crippen LogP contribution in [0.15, 0.2) is 24.3 Å². The number of para-hydroxylation sites is 1. The zero-order chi connectivity index (χ0) is 15.4. The average molecular weight is 290 g/mol. The Morgan fingerprint density at radius 1 is 1.38 bits per heavy atom. The van der Waals surface area contributed by atoms with Gasteiger partial charge in [0.15, 0.2) is 0 Å². The molecule has 5 nitrogen and oxygen atoms in total. The highest BCUT2D eigenvalue weighted by Gasteiger charge is 2.36. The van der Waals surface area contributed by atoms with E-state index in [4.69, 9.17) is 0 Å². The minimum Gasteiger partial charge on any atom is -0.481 e. The molecule has 0 saturated heterocycles. The number of carbonyl (C=O) groups excluding carboxylic acids is 1. The Morgan fingerprint density at radius 2 is 2.10 bits per heavy atom. The Labute approximate surface area is 125 Å². The summed E-state index contributed by atoms with van der Waals surface area (Å²) in [6.45, 7) is 4.32. The van der Waals surface area contributed by atoms with Crippen molar-refractivity contribution in [2.24, 2.45) is 0 Å². The summed E-state index contributed by atoms with van der Waals surface area (Å²) < 4.78 is 0. The lowest BCUT2D eigenvalue weighted by Crippen LogP contribution is -2.44. The summed E-state index contributed by atoms with van der Waals surface area (Å²) in [5, 5.41) is 12.3. The standard InChI is InChI=1S/C16H22N2O3/c1-3-7-11(4-2)17-16(21)18-10-13(15(19)20)12-8-5-6-9-14(12)18/h5-6,8-9,11,13H,3-4,7,10H2,1-2H3,(H,17,21)(H,19,20). The summed E-state index contributed by atoms with van der Waals surface area (Å²) in [6, 6.07) is 7.16. The van der Waals surface area contributed by atoms with Gasteiger partial charge in [-0.3, -0.25) is 9.69 Å². The quantitative estimate of drug-likeness (QED) is 0.876. The number of hydrogen-bond donors (Lipinski definition) is 2. The number of benzene rings is 1. The van der Waals surface area contributed by atoms with Gasteiger partial charge >= 0.3 is 12.0 Å². The molecule has 1 heterocycles. The van der Waals surface area contributed by atoms with Crippen LogP contribution in [-0.4, -0.2) is 29.7 Å². The first-order valence-electron chi connectivity index (χ1n) is 7.48. The van der Waals surface area contributed by atoms with Crippen LogP contribution in [0, 0.1) is 0 Å². The van der Waals surface area contributed by atoms with Gasteiger partial charge in [0.2, 0.25) is 0 Å². The molecule has 2 atom stereocenters. The van der Waals surface area contributed by atoms with Gasteiger partial charge in [0.1, 0.15) is 5.92 Å². The van der Waals surface area contributed by atoms with Gasteiger partial charge in [-0.1, -0.05) is 38.5 Å². The van der Waals surface area contributed by atoms with Gasteiger partial charge in [0, 0.05) is 18.3 Å². The summed E-state index contributed by atoms with van der Waals surface area (Å²) in [7, 11) is 0. The van der Waals surface area contributed by atoms with Gasteiger partial charge in [-0.2, -0.15) is 0 Å². The maximum absolute atomic E-state index is 12.4. The average Bonchev–Trinajstić information content (AvgIpc) is 2.86. The molecule has 0 spiro atoms. The summed E-state index contributed by atoms with van der Waals surface area (Å²) in [5.74, 6) is -1.53. The fraction of sp³-hybridized carbons (Fsp3) is 0.500. The fourth-order valence-corrected chi connectivity index (χ4v) is 2.79. The smallest absolute Gasteiger partial charge is 0.322 e. The van der Waals surface area contributed by atoms with Crippen LogP contribution < -0.4 is 10.2 Å². The number of amides is 2. The molecule has 0 fully saturated rings. The van der Waals surface area contributed by atoms with E-state index in [2.05, 4.69) is 12.2 Å². The third-order valence-corrected chi connectivity index (χ3v) is 3.97. The zero-order valence-electron chi connectivity index (χ0n) is 12.5. The van der Waals surface area contributed by atoms with Crippen LogP contribution in [0.4, 0.5) is 10.5 Å². The lowest BCUT2D eigenvalue weighted by molar-refractivity contribution is -0.138. The van der Waals surface area contributed by atoms with Crippen molar-refractivity contribution in [2.45, 2.75) is 45.1 Å². The molecule has 0 aromatic heterocycles. The zero-order valence-corrected chi connectivity index (χ0v) is 12.5. The minimum absolute atomic E-state index is 0.138. The molecular formula is C16H22N2O3. The van der Waals surface area contributed by atoms with Crippen molar-refractivity contribution in [3.8, 4) is 0 Å². The largest absolute Gasteiger partial charge is 0.481 e. The first-order valence-corrected chi connectivity index (χ1v) is 7.48. The number of carboxylic acids is 1. The molecule has 1 aliphatic rings. The van der Waals surface area contributed by atoms with Gasteiger partial charge in [0.05, 0.1) is 0 Å². The molecule has 0 radical (unpaired) electrons. The van der Waals surface area contributed by atoms with Crippen molar-refractivity contribution >= 4 is 17.7 Å². The summed E-state index contributed by atoms with van der Waals surface area (Å²) in [6.07, 6.45) is 2.81. The van der Waals surface area contributed by atoms with Crippen LogP contribution in [-0.2, 0) is 4.79 Å². The van der Waals surface area contributed by atoms with Crippen molar-refractivity contribution in [1.29, 1.82) is 0 Å². The molecule has 0 bridgehead atoms. The van der Waals surface area contributed by atoms with Crippen molar-refractivity contribution in [3.05, 3.63) is 29.8 Å². The van der Waals surface area contributed by atoms with E-state index < -0.39 is 11.9 Å². The van der Waals surface area contributed by atoms with E-state index in [0.717, 1.165) is 19.3 Å². The highest BCUT2D eigenvalue weighted by Crippen LogP contribution is 2.36. The van der Waals surface area contributed by atoms with Gasteiger partial charge in [-0.05, 0) is 24.5 Å². The molecule has 2 unspecified atom stereocenters. The lowest BCUT2D eigenvalue weighted by atomic mass is 10.0. The van der Waals surface area contributed by atoms with E-state index in [1.165, 1.54) is 0 Å². The van der Waals surface area contributed by atoms with E-state index in [-0.39, 0.29) is 18.6 Å². The molecule has 2 N–H and O–H groups in total. The highest BCUT2D eigenvalue weighted by atomic mass is 16.4. The highest BCUT2D eigenvalue weighted by molar-refractivity contribution is 5.98. The number of rotatable bonds is 5. The first kappa shape index (κ1) is 15.4. The molecule has 114 valence electrons. The van der Waals surface area contributed by atoms with Crippen LogP contribution in [0.1, 0.15) is 44.6 Å². The number of anilines is 1. The maximum Gasteiger partial charge on any atom is 0.322 e. The first-order chi connectivity index (χ1) is 10.1. The number of aliphatic carboxylic acids is 1. The predicted molar refractivity (Wildman–Crippen MR) is 81.7 cm³/mol. The second-order valence-electron chi connectivity index (χ2n) is 5.40. The van der Waals surface area contributed by atoms with Crippen molar-refractivity contribution < 1.29 is 14.7 Å². The van der Waals surface area contributed by atoms with Crippen LogP contribution in [0.2, 0.25) is 0 Å². The van der Waals surface area contributed by atoms with Crippen LogP contribution in [0.25, 0.3) is 0 Å². The van der Waals surface area contributed by atoms with Gasteiger partial charge in [-0.25, -0.2) is 4.79 Å². The molecule has 1 aromatic carbocycles. The topological polar surface area (TPSA) is 69.6 Å². The Balaban J connectivity index is 2.17. The van der Waals surface area contributed by atoms with Crippen molar-refractivity contribution in [2.75, 3.05) is 11.4 Å². The van der Waals surface area contributed by atoms with Crippen LogP contribution in [0.5, 0.6) is 0 Å². The van der Waals surface area contributed by atoms with E-state index in [1.807, 2.05) is 19.1 Å². The summed E-state index contributed by atoms with van der Waals surface area (Å²) in [5.41, 5.74) is 1.41. The predicted octanol–water partition coefficient (Wildman–Crippen LogP) is 2.96. The number of fused-ring (bicyclic) bond motifs is 1. The van der Waals surface area contributed by atoms with E-state index in [0.29, 0.717) is 11.3 Å². The molecule has 0 aliphatic carbocycles. The number of urea groups is 1. The SMILES string of the molecule is CCCC(CC)NC(=O)N1CC(C(=O)O)c2ccccc21. The van der Waals surface area contributed by atoms with Crippen LogP contribution in [0.3, 0.4) is 0 Å². The number of carboxylic acid groups (broad SMARTS) is 1. The van der Waals surface area contributed by atoms with Gasteiger partial charge in [0.25, 0.3) is 0 Å². The molecule has 0 saturated carbocycles. The van der Waals surface area contributed by atoms with E-state index >= 15 is 0 Å². The summed E-state index contributed by atoms with van der Waals surface area (Å²) >= 11 is 0. The third kappa shape index (κ3) is 3.17. The van der Waals surface area contributed by atoms with Crippen molar-refractivity contribution in [3.63, 3.8) is 0 Å². The van der Waals surface area contributed by atoms with Crippen LogP contribution >= 0.6 is 0 Å². The summed E-state index contributed by atoms with van der Waals surface area (Å²) in [4.78, 5) is 25.3. The normalized spacial score (nSPS) is 18.2. The van der Waals surface area contributed by atoms with E-state index in [9.17, 15) is 14.7 Å². The number of nitrogens with one attached hydrogen (secondary N) is 1.